The van der Waals surface area contributed by atoms with Crippen LogP contribution < -0.4 is 5.32 Å². The third-order valence-electron chi connectivity index (χ3n) is 3.00. The second-order valence-electron chi connectivity index (χ2n) is 4.49. The number of halogens is 1. The largest absolute Gasteiger partial charge is 0.313 e. The Hall–Kier alpha value is -0.930. The third-order valence-corrected chi connectivity index (χ3v) is 3.00. The lowest BCUT2D eigenvalue weighted by molar-refractivity contribution is 0.311. The van der Waals surface area contributed by atoms with Crippen molar-refractivity contribution >= 4 is 0 Å². The maximum Gasteiger partial charge on any atom is 0.123 e. The van der Waals surface area contributed by atoms with Gasteiger partial charge in [0, 0.05) is 6.04 Å². The average Bonchev–Trinajstić information content (AvgIpc) is 2.30. The highest BCUT2D eigenvalue weighted by atomic mass is 19.1. The zero-order valence-corrected chi connectivity index (χ0v) is 11.0. The number of nitrogens with zero attached hydrogens (tertiary/aromatic N) is 1. The summed E-state index contributed by atoms with van der Waals surface area (Å²) >= 11 is 0. The molecule has 0 saturated heterocycles. The van der Waals surface area contributed by atoms with Crippen LogP contribution >= 0.6 is 0 Å². The van der Waals surface area contributed by atoms with E-state index in [0.717, 1.165) is 25.1 Å². The molecule has 1 rings (SSSR count). The van der Waals surface area contributed by atoms with Crippen LogP contribution in [0.25, 0.3) is 0 Å². The summed E-state index contributed by atoms with van der Waals surface area (Å²) in [5, 5.41) is 3.25. The van der Waals surface area contributed by atoms with E-state index in [0.29, 0.717) is 0 Å². The van der Waals surface area contributed by atoms with Crippen LogP contribution in [-0.4, -0.2) is 32.1 Å². The number of hydrogen-bond acceptors (Lipinski definition) is 2. The number of rotatable bonds is 7. The lowest BCUT2D eigenvalue weighted by Gasteiger charge is -2.21. The first-order valence-electron chi connectivity index (χ1n) is 6.28. The molecule has 3 heteroatoms. The number of nitrogens with one attached hydrogen (secondary N) is 1. The molecular formula is C14H23FN2. The van der Waals surface area contributed by atoms with E-state index in [1.807, 2.05) is 13.1 Å². The normalized spacial score (nSPS) is 13.0. The molecule has 0 heterocycles. The second-order valence-corrected chi connectivity index (χ2v) is 4.49. The van der Waals surface area contributed by atoms with E-state index in [2.05, 4.69) is 24.2 Å². The van der Waals surface area contributed by atoms with Crippen molar-refractivity contribution in [1.29, 1.82) is 0 Å². The molecule has 96 valence electrons. The minimum atomic E-state index is -0.162. The Kier molecular flexibility index (Phi) is 6.16. The Bertz CT molecular complexity index is 328. The quantitative estimate of drug-likeness (QED) is 0.786. The van der Waals surface area contributed by atoms with Gasteiger partial charge in [0.05, 0.1) is 0 Å². The Morgan fingerprint density at radius 1 is 1.35 bits per heavy atom. The second kappa shape index (κ2) is 7.41. The molecule has 0 bridgehead atoms. The summed E-state index contributed by atoms with van der Waals surface area (Å²) in [5.41, 5.74) is 1.03. The van der Waals surface area contributed by atoms with Crippen LogP contribution in [0.15, 0.2) is 24.3 Å². The van der Waals surface area contributed by atoms with E-state index in [9.17, 15) is 4.39 Å². The number of benzene rings is 1. The van der Waals surface area contributed by atoms with Crippen molar-refractivity contribution in [2.24, 2.45) is 0 Å². The molecule has 0 saturated carbocycles. The first kappa shape index (κ1) is 14.1. The highest BCUT2D eigenvalue weighted by molar-refractivity contribution is 5.20. The maximum absolute atomic E-state index is 13.1. The highest BCUT2D eigenvalue weighted by Crippen LogP contribution is 2.17. The standard InChI is InChI=1S/C14H23FN2/c1-4-9-17(3)10-8-14(16-2)12-6-5-7-13(15)11-12/h5-7,11,14,16H,4,8-10H2,1-3H3. The van der Waals surface area contributed by atoms with Gasteiger partial charge in [-0.1, -0.05) is 19.1 Å². The van der Waals surface area contributed by atoms with Crippen LogP contribution in [0.3, 0.4) is 0 Å². The van der Waals surface area contributed by atoms with Gasteiger partial charge in [-0.15, -0.1) is 0 Å². The van der Waals surface area contributed by atoms with E-state index < -0.39 is 0 Å². The van der Waals surface area contributed by atoms with Gasteiger partial charge in [-0.05, 0) is 57.7 Å². The molecule has 0 aliphatic carbocycles. The molecule has 1 aromatic carbocycles. The molecule has 0 fully saturated rings. The van der Waals surface area contributed by atoms with Crippen molar-refractivity contribution in [2.45, 2.75) is 25.8 Å². The monoisotopic (exact) mass is 238 g/mol. The van der Waals surface area contributed by atoms with Gasteiger partial charge in [0.1, 0.15) is 5.82 Å². The summed E-state index contributed by atoms with van der Waals surface area (Å²) < 4.78 is 13.1. The summed E-state index contributed by atoms with van der Waals surface area (Å²) in [7, 11) is 4.05. The first-order chi connectivity index (χ1) is 8.17. The lowest BCUT2D eigenvalue weighted by atomic mass is 10.0. The van der Waals surface area contributed by atoms with Crippen LogP contribution in [0.1, 0.15) is 31.4 Å². The predicted octanol–water partition coefficient (Wildman–Crippen LogP) is 2.82. The first-order valence-corrected chi connectivity index (χ1v) is 6.28. The molecule has 0 aromatic heterocycles. The van der Waals surface area contributed by atoms with Crippen LogP contribution in [0.5, 0.6) is 0 Å². The summed E-state index contributed by atoms with van der Waals surface area (Å²) in [5.74, 6) is -0.162. The van der Waals surface area contributed by atoms with E-state index in [-0.39, 0.29) is 11.9 Å². The summed E-state index contributed by atoms with van der Waals surface area (Å²) in [6.45, 7) is 4.31. The van der Waals surface area contributed by atoms with Crippen molar-refractivity contribution in [3.8, 4) is 0 Å². The van der Waals surface area contributed by atoms with Crippen LogP contribution in [0, 0.1) is 5.82 Å². The Morgan fingerprint density at radius 3 is 2.71 bits per heavy atom. The number of hydrogen-bond donors (Lipinski definition) is 1. The zero-order chi connectivity index (χ0) is 12.7. The fourth-order valence-corrected chi connectivity index (χ4v) is 2.04. The summed E-state index contributed by atoms with van der Waals surface area (Å²) in [6.07, 6.45) is 2.16. The molecule has 17 heavy (non-hydrogen) atoms. The fraction of sp³-hybridized carbons (Fsp3) is 0.571. The molecule has 1 atom stereocenters. The van der Waals surface area contributed by atoms with Crippen molar-refractivity contribution in [3.63, 3.8) is 0 Å². The average molecular weight is 238 g/mol. The summed E-state index contributed by atoms with van der Waals surface area (Å²) in [4.78, 5) is 2.31. The topological polar surface area (TPSA) is 15.3 Å². The molecule has 0 aliphatic heterocycles. The van der Waals surface area contributed by atoms with E-state index in [1.165, 1.54) is 12.5 Å². The Morgan fingerprint density at radius 2 is 2.12 bits per heavy atom. The van der Waals surface area contributed by atoms with Crippen LogP contribution in [-0.2, 0) is 0 Å². The van der Waals surface area contributed by atoms with Gasteiger partial charge < -0.3 is 10.2 Å². The highest BCUT2D eigenvalue weighted by Gasteiger charge is 2.10. The molecule has 2 nitrogen and oxygen atoms in total. The molecule has 0 radical (unpaired) electrons. The SMILES string of the molecule is CCCN(C)CCC(NC)c1cccc(F)c1. The lowest BCUT2D eigenvalue weighted by Crippen LogP contribution is -2.26. The molecule has 0 amide bonds. The van der Waals surface area contributed by atoms with E-state index in [4.69, 9.17) is 0 Å². The van der Waals surface area contributed by atoms with E-state index >= 15 is 0 Å². The molecular weight excluding hydrogens is 215 g/mol. The Balaban J connectivity index is 2.54. The minimum Gasteiger partial charge on any atom is -0.313 e. The third kappa shape index (κ3) is 4.84. The van der Waals surface area contributed by atoms with Gasteiger partial charge >= 0.3 is 0 Å². The van der Waals surface area contributed by atoms with Gasteiger partial charge in [-0.25, -0.2) is 4.39 Å². The van der Waals surface area contributed by atoms with Gasteiger partial charge in [0.15, 0.2) is 0 Å². The molecule has 0 spiro atoms. The molecule has 1 aromatic rings. The van der Waals surface area contributed by atoms with Gasteiger partial charge in [-0.3, -0.25) is 0 Å². The van der Waals surface area contributed by atoms with Crippen molar-refractivity contribution < 1.29 is 4.39 Å². The molecule has 0 aliphatic rings. The summed E-state index contributed by atoms with van der Waals surface area (Å²) in [6, 6.07) is 7.07. The van der Waals surface area contributed by atoms with Crippen molar-refractivity contribution in [3.05, 3.63) is 35.6 Å². The fourth-order valence-electron chi connectivity index (χ4n) is 2.04. The molecule has 1 unspecified atom stereocenters. The van der Waals surface area contributed by atoms with Crippen molar-refractivity contribution in [1.82, 2.24) is 10.2 Å². The minimum absolute atomic E-state index is 0.162. The smallest absolute Gasteiger partial charge is 0.123 e. The van der Waals surface area contributed by atoms with Crippen LogP contribution in [0.4, 0.5) is 4.39 Å². The predicted molar refractivity (Wildman–Crippen MR) is 70.6 cm³/mol. The van der Waals surface area contributed by atoms with E-state index in [1.54, 1.807) is 12.1 Å². The zero-order valence-electron chi connectivity index (χ0n) is 11.0. The Labute approximate surface area is 104 Å². The maximum atomic E-state index is 13.1. The van der Waals surface area contributed by atoms with Crippen molar-refractivity contribution in [2.75, 3.05) is 27.2 Å². The van der Waals surface area contributed by atoms with Gasteiger partial charge in [-0.2, -0.15) is 0 Å². The van der Waals surface area contributed by atoms with Gasteiger partial charge in [0.2, 0.25) is 0 Å². The molecule has 1 N–H and O–H groups in total. The van der Waals surface area contributed by atoms with Gasteiger partial charge in [0.25, 0.3) is 0 Å². The van der Waals surface area contributed by atoms with Crippen LogP contribution in [0.2, 0.25) is 0 Å².